The van der Waals surface area contributed by atoms with Gasteiger partial charge in [0, 0.05) is 6.20 Å². The molecule has 1 saturated heterocycles. The lowest BCUT2D eigenvalue weighted by atomic mass is 9.94. The van der Waals surface area contributed by atoms with Crippen molar-refractivity contribution in [3.8, 4) is 17.6 Å². The first-order valence-corrected chi connectivity index (χ1v) is 14.4. The number of H-pyrrole nitrogens is 1. The van der Waals surface area contributed by atoms with Crippen LogP contribution in [0, 0.1) is 17.7 Å². The number of ether oxygens (including phenoxy) is 2. The molecule has 6 N–H and O–H groups in total. The largest absolute Gasteiger partial charge is 0.462 e. The summed E-state index contributed by atoms with van der Waals surface area (Å²) >= 11 is 0. The molecule has 0 amide bonds. The zero-order valence-corrected chi connectivity index (χ0v) is 24.0. The van der Waals surface area contributed by atoms with Gasteiger partial charge < -0.3 is 29.9 Å². The molecule has 1 aliphatic rings. The van der Waals surface area contributed by atoms with Gasteiger partial charge in [-0.15, -0.1) is 5.92 Å². The summed E-state index contributed by atoms with van der Waals surface area (Å²) in [6.45, 7) is 5.43. The van der Waals surface area contributed by atoms with Crippen LogP contribution in [-0.4, -0.2) is 67.3 Å². The normalized spacial score (nSPS) is 24.1. The van der Waals surface area contributed by atoms with Crippen LogP contribution in [0.5, 0.6) is 5.75 Å². The van der Waals surface area contributed by atoms with Gasteiger partial charge >= 0.3 is 13.7 Å². The van der Waals surface area contributed by atoms with Gasteiger partial charge in [-0.2, -0.15) is 10.1 Å². The van der Waals surface area contributed by atoms with Crippen LogP contribution in [0.2, 0.25) is 0 Å². The summed E-state index contributed by atoms with van der Waals surface area (Å²) in [5.74, 6) is 3.05. The number of aromatic amines is 1. The molecule has 226 valence electrons. The molecule has 1 aromatic carbocycles. The fourth-order valence-electron chi connectivity index (χ4n) is 4.33. The second-order valence-electron chi connectivity index (χ2n) is 9.74. The number of para-hydroxylation sites is 1. The van der Waals surface area contributed by atoms with E-state index in [9.17, 15) is 28.8 Å². The number of nitrogens with two attached hydrogens (primary N) is 1. The standard InChI is InChI=1S/C26H31FN5O9P/c1-5-11-26(36)20(33)18(40-24(26)32-12-17(27)19-21(32)29-25(28)30-22(19)34)13-38-42(37,41-16-9-7-6-8-10-16)31-15(4)23(35)39-14(2)3/h6-10,12,14-15,18,20,24,33,36H,13H2,1-4H3,(H,31,37)(H3,28,29,30,34)/t15?,18?,20-,24?,26?,42?/m0/s1. The fraction of sp³-hybridized carbons (Fsp3) is 0.423. The second-order valence-corrected chi connectivity index (χ2v) is 11.4. The maximum Gasteiger partial charge on any atom is 0.459 e. The topological polar surface area (TPSA) is 200 Å². The van der Waals surface area contributed by atoms with Gasteiger partial charge in [-0.1, -0.05) is 24.1 Å². The predicted molar refractivity (Wildman–Crippen MR) is 147 cm³/mol. The molecule has 0 spiro atoms. The highest BCUT2D eigenvalue weighted by molar-refractivity contribution is 7.52. The molecule has 6 atom stereocenters. The first-order chi connectivity index (χ1) is 19.8. The summed E-state index contributed by atoms with van der Waals surface area (Å²) < 4.78 is 51.8. The molecule has 0 bridgehead atoms. The first kappa shape index (κ1) is 31.2. The molecule has 5 unspecified atom stereocenters. The molecule has 2 aromatic heterocycles. The quantitative estimate of drug-likeness (QED) is 0.127. The van der Waals surface area contributed by atoms with Gasteiger partial charge in [0.15, 0.2) is 23.3 Å². The van der Waals surface area contributed by atoms with Gasteiger partial charge in [0.1, 0.15) is 29.4 Å². The van der Waals surface area contributed by atoms with Crippen molar-refractivity contribution in [1.82, 2.24) is 19.6 Å². The number of carbonyl (C=O) groups excluding carboxylic acids is 1. The molecule has 14 nitrogen and oxygen atoms in total. The fourth-order valence-corrected chi connectivity index (χ4v) is 5.83. The van der Waals surface area contributed by atoms with Gasteiger partial charge in [-0.05, 0) is 39.8 Å². The Kier molecular flexibility index (Phi) is 9.07. The molecule has 1 aliphatic heterocycles. The third kappa shape index (κ3) is 6.34. The molecule has 1 fully saturated rings. The SMILES string of the molecule is CC#CC1(O)C(n2cc(F)c3c(=O)[nH]c(N)nc32)OC(COP(=O)(NC(C)C(=O)OC(C)C)Oc2ccccc2)[C@@H]1O. The average Bonchev–Trinajstić information content (AvgIpc) is 3.36. The van der Waals surface area contributed by atoms with E-state index in [4.69, 9.17) is 24.3 Å². The number of esters is 1. The van der Waals surface area contributed by atoms with Crippen molar-refractivity contribution >= 4 is 30.7 Å². The molecule has 0 aliphatic carbocycles. The van der Waals surface area contributed by atoms with E-state index in [2.05, 4.69) is 26.9 Å². The van der Waals surface area contributed by atoms with Gasteiger partial charge in [-0.25, -0.2) is 8.96 Å². The van der Waals surface area contributed by atoms with E-state index in [0.29, 0.717) is 0 Å². The van der Waals surface area contributed by atoms with E-state index in [1.165, 1.54) is 26.0 Å². The van der Waals surface area contributed by atoms with Crippen LogP contribution in [0.25, 0.3) is 11.0 Å². The monoisotopic (exact) mass is 607 g/mol. The molecule has 42 heavy (non-hydrogen) atoms. The third-order valence-electron chi connectivity index (χ3n) is 6.15. The minimum Gasteiger partial charge on any atom is -0.462 e. The van der Waals surface area contributed by atoms with E-state index in [1.54, 1.807) is 32.0 Å². The molecule has 16 heteroatoms. The number of nitrogens with one attached hydrogen (secondary N) is 2. The summed E-state index contributed by atoms with van der Waals surface area (Å²) in [4.78, 5) is 30.9. The highest BCUT2D eigenvalue weighted by Gasteiger charge is 2.57. The zero-order valence-electron chi connectivity index (χ0n) is 23.1. The Hall–Kier alpha value is -3.77. The number of benzene rings is 1. The number of halogens is 1. The Morgan fingerprint density at radius 1 is 1.36 bits per heavy atom. The number of nitrogens with zero attached hydrogens (tertiary/aromatic N) is 2. The van der Waals surface area contributed by atoms with Crippen molar-refractivity contribution in [3.63, 3.8) is 0 Å². The van der Waals surface area contributed by atoms with Crippen molar-refractivity contribution in [1.29, 1.82) is 0 Å². The molecule has 0 saturated carbocycles. The van der Waals surface area contributed by atoms with Crippen molar-refractivity contribution in [2.45, 2.75) is 63.9 Å². The number of aliphatic hydroxyl groups is 2. The van der Waals surface area contributed by atoms with Crippen LogP contribution in [0.4, 0.5) is 10.3 Å². The molecule has 3 aromatic rings. The lowest BCUT2D eigenvalue weighted by Gasteiger charge is -2.27. The minimum absolute atomic E-state index is 0.139. The minimum atomic E-state index is -4.37. The van der Waals surface area contributed by atoms with E-state index in [-0.39, 0.29) is 17.3 Å². The number of fused-ring (bicyclic) bond motifs is 1. The van der Waals surface area contributed by atoms with Crippen molar-refractivity contribution in [2.75, 3.05) is 12.3 Å². The van der Waals surface area contributed by atoms with Crippen LogP contribution in [0.15, 0.2) is 41.3 Å². The lowest BCUT2D eigenvalue weighted by molar-refractivity contribution is -0.149. The van der Waals surface area contributed by atoms with Crippen LogP contribution in [0.1, 0.15) is 33.9 Å². The van der Waals surface area contributed by atoms with E-state index in [1.807, 2.05) is 0 Å². The van der Waals surface area contributed by atoms with Gasteiger partial charge in [0.05, 0.1) is 12.7 Å². The highest BCUT2D eigenvalue weighted by atomic mass is 31.2. The Morgan fingerprint density at radius 3 is 2.69 bits per heavy atom. The second kappa shape index (κ2) is 12.2. The Labute approximate surface area is 239 Å². The van der Waals surface area contributed by atoms with Crippen molar-refractivity contribution in [3.05, 3.63) is 52.7 Å². The highest BCUT2D eigenvalue weighted by Crippen LogP contribution is 2.47. The van der Waals surface area contributed by atoms with E-state index < -0.39 is 73.3 Å². The van der Waals surface area contributed by atoms with Crippen LogP contribution < -0.4 is 20.9 Å². The number of aromatic nitrogens is 3. The number of carbonyl (C=O) groups is 1. The molecule has 3 heterocycles. The Bertz CT molecular complexity index is 1620. The molecule has 4 rings (SSSR count). The number of hydrogen-bond donors (Lipinski definition) is 5. The van der Waals surface area contributed by atoms with E-state index >= 15 is 0 Å². The smallest absolute Gasteiger partial charge is 0.459 e. The Balaban J connectivity index is 1.64. The predicted octanol–water partition coefficient (Wildman–Crippen LogP) is 1.59. The summed E-state index contributed by atoms with van der Waals surface area (Å²) in [5.41, 5.74) is 2.13. The number of hydrogen-bond acceptors (Lipinski definition) is 11. The lowest BCUT2D eigenvalue weighted by Crippen LogP contribution is -2.46. The van der Waals surface area contributed by atoms with E-state index in [0.717, 1.165) is 10.8 Å². The maximum atomic E-state index is 14.8. The van der Waals surface area contributed by atoms with Crippen molar-refractivity contribution < 1.29 is 42.5 Å². The number of nitrogen functional groups attached to an aromatic ring is 1. The number of rotatable bonds is 10. The molecule has 0 radical (unpaired) electrons. The average molecular weight is 608 g/mol. The third-order valence-corrected chi connectivity index (χ3v) is 7.79. The summed E-state index contributed by atoms with van der Waals surface area (Å²) in [6, 6.07) is 6.83. The summed E-state index contributed by atoms with van der Waals surface area (Å²) in [7, 11) is -4.37. The zero-order chi connectivity index (χ0) is 30.8. The van der Waals surface area contributed by atoms with Crippen LogP contribution in [-0.2, 0) is 23.4 Å². The molecular weight excluding hydrogens is 576 g/mol. The first-order valence-electron chi connectivity index (χ1n) is 12.8. The van der Waals surface area contributed by atoms with Crippen LogP contribution in [0.3, 0.4) is 0 Å². The van der Waals surface area contributed by atoms with Crippen molar-refractivity contribution in [2.24, 2.45) is 0 Å². The summed E-state index contributed by atoms with van der Waals surface area (Å²) in [6.07, 6.45) is -4.43. The number of aliphatic hydroxyl groups excluding tert-OH is 1. The van der Waals surface area contributed by atoms with Gasteiger partial charge in [-0.3, -0.25) is 23.7 Å². The summed E-state index contributed by atoms with van der Waals surface area (Å²) in [5, 5.41) is 24.6. The molecular formula is C26H31FN5O9P. The Morgan fingerprint density at radius 2 is 2.05 bits per heavy atom. The maximum absolute atomic E-state index is 14.8. The number of anilines is 1. The van der Waals surface area contributed by atoms with Gasteiger partial charge in [0.2, 0.25) is 5.95 Å². The van der Waals surface area contributed by atoms with Crippen LogP contribution >= 0.6 is 7.75 Å². The van der Waals surface area contributed by atoms with Gasteiger partial charge in [0.25, 0.3) is 5.56 Å².